The molecule has 2 rings (SSSR count). The van der Waals surface area contributed by atoms with E-state index in [2.05, 4.69) is 26.0 Å². The summed E-state index contributed by atoms with van der Waals surface area (Å²) >= 11 is 7.64. The summed E-state index contributed by atoms with van der Waals surface area (Å²) in [5.74, 6) is 1.51. The zero-order chi connectivity index (χ0) is 16.7. The highest BCUT2D eigenvalue weighted by Crippen LogP contribution is 2.22. The molecule has 1 heterocycles. The van der Waals surface area contributed by atoms with Crippen LogP contribution in [0.15, 0.2) is 28.6 Å². The van der Waals surface area contributed by atoms with Crippen molar-refractivity contribution in [2.24, 2.45) is 4.99 Å². The number of methoxy groups -OCH3 is 1. The molecule has 0 aliphatic rings. The predicted octanol–water partition coefficient (Wildman–Crippen LogP) is 3.64. The van der Waals surface area contributed by atoms with Crippen molar-refractivity contribution >= 4 is 52.9 Å². The first-order valence-electron chi connectivity index (χ1n) is 7.30. The molecule has 0 unspecified atom stereocenters. The minimum absolute atomic E-state index is 0. The van der Waals surface area contributed by atoms with Crippen LogP contribution in [0.4, 0.5) is 0 Å². The van der Waals surface area contributed by atoms with Crippen LogP contribution in [0, 0.1) is 6.92 Å². The lowest BCUT2D eigenvalue weighted by Crippen LogP contribution is -2.37. The number of thiazole rings is 1. The molecule has 2 N–H and O–H groups in total. The van der Waals surface area contributed by atoms with E-state index in [1.165, 1.54) is 0 Å². The van der Waals surface area contributed by atoms with Crippen molar-refractivity contribution in [3.63, 3.8) is 0 Å². The summed E-state index contributed by atoms with van der Waals surface area (Å²) in [4.78, 5) is 8.67. The van der Waals surface area contributed by atoms with E-state index in [-0.39, 0.29) is 24.0 Å². The summed E-state index contributed by atoms with van der Waals surface area (Å²) in [6.45, 7) is 3.40. The van der Waals surface area contributed by atoms with Gasteiger partial charge in [-0.25, -0.2) is 4.98 Å². The molecule has 1 aromatic heterocycles. The lowest BCUT2D eigenvalue weighted by atomic mass is 10.2. The number of nitrogens with one attached hydrogen (secondary N) is 2. The number of benzene rings is 1. The van der Waals surface area contributed by atoms with Gasteiger partial charge in [0.1, 0.15) is 5.75 Å². The van der Waals surface area contributed by atoms with E-state index in [1.54, 1.807) is 31.6 Å². The van der Waals surface area contributed by atoms with Crippen LogP contribution >= 0.6 is 46.9 Å². The number of aliphatic imine (C=N–C) groups is 1. The second kappa shape index (κ2) is 10.7. The van der Waals surface area contributed by atoms with E-state index < -0.39 is 0 Å². The Bertz CT molecular complexity index is 678. The Balaban J connectivity index is 0.00000288. The van der Waals surface area contributed by atoms with Gasteiger partial charge in [-0.15, -0.1) is 35.3 Å². The third-order valence-corrected chi connectivity index (χ3v) is 4.32. The summed E-state index contributed by atoms with van der Waals surface area (Å²) in [6.07, 6.45) is 0.870. The third kappa shape index (κ3) is 6.45. The van der Waals surface area contributed by atoms with Crippen molar-refractivity contribution < 1.29 is 4.74 Å². The Hall–Kier alpha value is -1.06. The van der Waals surface area contributed by atoms with Crippen LogP contribution in [-0.2, 0) is 13.0 Å². The van der Waals surface area contributed by atoms with Gasteiger partial charge in [-0.1, -0.05) is 17.7 Å². The number of aromatic nitrogens is 1. The van der Waals surface area contributed by atoms with Gasteiger partial charge in [-0.3, -0.25) is 4.99 Å². The Kier molecular flexibility index (Phi) is 9.38. The second-order valence-electron chi connectivity index (χ2n) is 4.92. The predicted molar refractivity (Wildman–Crippen MR) is 112 cm³/mol. The van der Waals surface area contributed by atoms with E-state index in [0.29, 0.717) is 11.6 Å². The minimum Gasteiger partial charge on any atom is -0.496 e. The third-order valence-electron chi connectivity index (χ3n) is 3.26. The van der Waals surface area contributed by atoms with Crippen molar-refractivity contribution in [2.75, 3.05) is 20.7 Å². The van der Waals surface area contributed by atoms with Crippen LogP contribution in [0.1, 0.15) is 16.3 Å². The summed E-state index contributed by atoms with van der Waals surface area (Å²) < 4.78 is 5.34. The Morgan fingerprint density at radius 1 is 1.38 bits per heavy atom. The number of halogens is 2. The summed E-state index contributed by atoms with van der Waals surface area (Å²) in [5.41, 5.74) is 2.13. The molecule has 2 aromatic rings. The maximum absolute atomic E-state index is 5.97. The largest absolute Gasteiger partial charge is 0.496 e. The van der Waals surface area contributed by atoms with E-state index in [0.717, 1.165) is 40.9 Å². The quantitative estimate of drug-likeness (QED) is 0.377. The Morgan fingerprint density at radius 2 is 2.17 bits per heavy atom. The van der Waals surface area contributed by atoms with E-state index in [9.17, 15) is 0 Å². The Morgan fingerprint density at radius 3 is 2.79 bits per heavy atom. The zero-order valence-electron chi connectivity index (χ0n) is 13.9. The number of hydrogen-bond acceptors (Lipinski definition) is 4. The number of nitrogens with zero attached hydrogens (tertiary/aromatic N) is 2. The number of ether oxygens (including phenoxy) is 1. The molecule has 0 atom stereocenters. The first-order chi connectivity index (χ1) is 11.1. The molecule has 5 nitrogen and oxygen atoms in total. The lowest BCUT2D eigenvalue weighted by Gasteiger charge is -2.13. The van der Waals surface area contributed by atoms with Crippen LogP contribution in [0.25, 0.3) is 0 Å². The molecule has 0 radical (unpaired) electrons. The molecule has 0 saturated heterocycles. The van der Waals surface area contributed by atoms with E-state index in [1.807, 2.05) is 19.1 Å². The van der Waals surface area contributed by atoms with Gasteiger partial charge in [0.05, 0.1) is 17.8 Å². The van der Waals surface area contributed by atoms with Gasteiger partial charge >= 0.3 is 0 Å². The molecule has 0 bridgehead atoms. The highest BCUT2D eigenvalue weighted by atomic mass is 127. The highest BCUT2D eigenvalue weighted by Gasteiger charge is 2.05. The van der Waals surface area contributed by atoms with Gasteiger partial charge in [-0.2, -0.15) is 0 Å². The lowest BCUT2D eigenvalue weighted by molar-refractivity contribution is 0.409. The molecule has 0 aliphatic carbocycles. The second-order valence-corrected chi connectivity index (χ2v) is 6.42. The molecule has 132 valence electrons. The molecule has 0 spiro atoms. The van der Waals surface area contributed by atoms with Crippen molar-refractivity contribution in [1.82, 2.24) is 15.6 Å². The van der Waals surface area contributed by atoms with Gasteiger partial charge < -0.3 is 15.4 Å². The summed E-state index contributed by atoms with van der Waals surface area (Å²) in [5, 5.41) is 10.4. The molecule has 0 aliphatic heterocycles. The fraction of sp³-hybridized carbons (Fsp3) is 0.375. The van der Waals surface area contributed by atoms with Crippen LogP contribution in [0.5, 0.6) is 5.75 Å². The van der Waals surface area contributed by atoms with Crippen molar-refractivity contribution in [3.8, 4) is 5.75 Å². The maximum atomic E-state index is 5.97. The molecule has 24 heavy (non-hydrogen) atoms. The van der Waals surface area contributed by atoms with Gasteiger partial charge in [0, 0.05) is 42.5 Å². The van der Waals surface area contributed by atoms with Gasteiger partial charge in [-0.05, 0) is 19.1 Å². The van der Waals surface area contributed by atoms with E-state index in [4.69, 9.17) is 16.3 Å². The summed E-state index contributed by atoms with van der Waals surface area (Å²) in [6, 6.07) is 5.60. The smallest absolute Gasteiger partial charge is 0.191 e. The van der Waals surface area contributed by atoms with Crippen LogP contribution < -0.4 is 15.4 Å². The average Bonchev–Trinajstić information content (AvgIpc) is 2.96. The molecule has 0 amide bonds. The monoisotopic (exact) mass is 480 g/mol. The fourth-order valence-corrected chi connectivity index (χ4v) is 2.91. The average molecular weight is 481 g/mol. The topological polar surface area (TPSA) is 58.5 Å². The van der Waals surface area contributed by atoms with Crippen molar-refractivity contribution in [2.45, 2.75) is 19.9 Å². The Labute approximate surface area is 168 Å². The molecular formula is C16H22ClIN4OS. The molecule has 8 heteroatoms. The molecule has 0 fully saturated rings. The number of rotatable bonds is 6. The number of guanidine groups is 1. The zero-order valence-corrected chi connectivity index (χ0v) is 17.8. The highest BCUT2D eigenvalue weighted by molar-refractivity contribution is 14.0. The molecule has 1 aromatic carbocycles. The van der Waals surface area contributed by atoms with Gasteiger partial charge in [0.2, 0.25) is 0 Å². The van der Waals surface area contributed by atoms with Crippen LogP contribution in [-0.4, -0.2) is 31.6 Å². The standard InChI is InChI=1S/C16H21ClN4OS.HI/c1-11-21-14(10-23-11)6-7-19-16(18-2)20-9-12-4-5-13(17)8-15(12)22-3;/h4-5,8,10H,6-7,9H2,1-3H3,(H2,18,19,20);1H. The maximum Gasteiger partial charge on any atom is 0.191 e. The number of aryl methyl sites for hydroxylation is 1. The SMILES string of the molecule is CN=C(NCCc1csc(C)n1)NCc1ccc(Cl)cc1OC.I. The van der Waals surface area contributed by atoms with Crippen LogP contribution in [0.2, 0.25) is 5.02 Å². The first-order valence-corrected chi connectivity index (χ1v) is 8.56. The molecular weight excluding hydrogens is 459 g/mol. The van der Waals surface area contributed by atoms with Crippen LogP contribution in [0.3, 0.4) is 0 Å². The molecule has 0 saturated carbocycles. The normalized spacial score (nSPS) is 10.9. The van der Waals surface area contributed by atoms with Crippen molar-refractivity contribution in [3.05, 3.63) is 44.9 Å². The van der Waals surface area contributed by atoms with Gasteiger partial charge in [0.25, 0.3) is 0 Å². The minimum atomic E-state index is 0. The van der Waals surface area contributed by atoms with Crippen molar-refractivity contribution in [1.29, 1.82) is 0 Å². The van der Waals surface area contributed by atoms with E-state index >= 15 is 0 Å². The fourth-order valence-electron chi connectivity index (χ4n) is 2.10. The van der Waals surface area contributed by atoms with Gasteiger partial charge in [0.15, 0.2) is 5.96 Å². The summed E-state index contributed by atoms with van der Waals surface area (Å²) in [7, 11) is 3.39. The number of hydrogen-bond donors (Lipinski definition) is 2. The first kappa shape index (κ1) is 21.0.